The Morgan fingerprint density at radius 2 is 1.80 bits per heavy atom. The highest BCUT2D eigenvalue weighted by Crippen LogP contribution is 2.33. The largest absolute Gasteiger partial charge is 0.494 e. The van der Waals surface area contributed by atoms with Gasteiger partial charge in [-0.15, -0.1) is 0 Å². The summed E-state index contributed by atoms with van der Waals surface area (Å²) in [7, 11) is 2.70. The normalized spacial score (nSPS) is 16.8. The molecule has 8 heteroatoms. The molecule has 1 amide bonds. The highest BCUT2D eigenvalue weighted by Gasteiger charge is 2.34. The minimum atomic E-state index is -0.642. The molecule has 1 atom stereocenters. The van der Waals surface area contributed by atoms with Crippen LogP contribution in [0.4, 0.5) is 0 Å². The number of carbonyl (C=O) groups is 1. The number of nitrogens with zero attached hydrogens (tertiary/aromatic N) is 4. The molecule has 0 fully saturated rings. The van der Waals surface area contributed by atoms with E-state index in [2.05, 4.69) is 5.10 Å². The molecule has 1 N–H and O–H groups in total. The quantitative estimate of drug-likeness (QED) is 0.859. The zero-order valence-corrected chi connectivity index (χ0v) is 14.1. The van der Waals surface area contributed by atoms with Crippen molar-refractivity contribution in [3.63, 3.8) is 0 Å². The molecule has 2 aromatic rings. The minimum absolute atomic E-state index is 0.0609. The Labute approximate surface area is 143 Å². The highest BCUT2D eigenvalue weighted by atomic mass is 16.3. The van der Waals surface area contributed by atoms with Crippen molar-refractivity contribution in [2.24, 2.45) is 19.2 Å². The van der Waals surface area contributed by atoms with E-state index in [9.17, 15) is 19.5 Å². The van der Waals surface area contributed by atoms with Gasteiger partial charge in [0, 0.05) is 27.4 Å². The van der Waals surface area contributed by atoms with Crippen molar-refractivity contribution in [1.29, 1.82) is 0 Å². The fourth-order valence-electron chi connectivity index (χ4n) is 2.97. The van der Waals surface area contributed by atoms with Crippen LogP contribution in [0.15, 0.2) is 45.0 Å². The second-order valence-electron chi connectivity index (χ2n) is 5.95. The molecule has 0 saturated heterocycles. The maximum absolute atomic E-state index is 12.5. The van der Waals surface area contributed by atoms with E-state index in [1.54, 1.807) is 0 Å². The first-order valence-corrected chi connectivity index (χ1v) is 7.74. The number of hydrazone groups is 1. The van der Waals surface area contributed by atoms with Gasteiger partial charge in [-0.1, -0.05) is 30.3 Å². The van der Waals surface area contributed by atoms with Crippen molar-refractivity contribution >= 4 is 11.6 Å². The lowest BCUT2D eigenvalue weighted by atomic mass is 9.99. The number of carbonyl (C=O) groups excluding carboxylic acids is 1. The van der Waals surface area contributed by atoms with Crippen molar-refractivity contribution in [2.75, 3.05) is 0 Å². The minimum Gasteiger partial charge on any atom is -0.494 e. The first-order valence-electron chi connectivity index (χ1n) is 7.74. The summed E-state index contributed by atoms with van der Waals surface area (Å²) in [5, 5.41) is 15.9. The molecule has 1 unspecified atom stereocenters. The van der Waals surface area contributed by atoms with E-state index in [1.807, 2.05) is 30.3 Å². The van der Waals surface area contributed by atoms with Crippen LogP contribution in [0.2, 0.25) is 0 Å². The summed E-state index contributed by atoms with van der Waals surface area (Å²) < 4.78 is 1.89. The van der Waals surface area contributed by atoms with E-state index >= 15 is 0 Å². The number of benzene rings is 1. The van der Waals surface area contributed by atoms with Gasteiger partial charge in [-0.25, -0.2) is 9.80 Å². The summed E-state index contributed by atoms with van der Waals surface area (Å²) in [5.41, 5.74) is -0.186. The van der Waals surface area contributed by atoms with Crippen molar-refractivity contribution in [3.05, 3.63) is 62.3 Å². The Morgan fingerprint density at radius 3 is 2.40 bits per heavy atom. The molecular weight excluding hydrogens is 324 g/mol. The van der Waals surface area contributed by atoms with Crippen molar-refractivity contribution in [1.82, 2.24) is 14.1 Å². The summed E-state index contributed by atoms with van der Waals surface area (Å²) in [5.74, 6) is -0.728. The van der Waals surface area contributed by atoms with Crippen molar-refractivity contribution < 1.29 is 9.90 Å². The lowest BCUT2D eigenvalue weighted by Gasteiger charge is -2.20. The molecular formula is C17H18N4O4. The van der Waals surface area contributed by atoms with E-state index in [0.29, 0.717) is 0 Å². The molecule has 130 valence electrons. The average Bonchev–Trinajstić information content (AvgIpc) is 3.04. The lowest BCUT2D eigenvalue weighted by molar-refractivity contribution is -0.130. The zero-order chi connectivity index (χ0) is 18.3. The molecule has 1 aliphatic heterocycles. The molecule has 0 aliphatic carbocycles. The standard InChI is InChI=1S/C17H18N4O4/c1-10(22)21-13(11-7-5-4-6-8-11)9-12(18-21)14-15(23)19(2)17(25)20(3)16(14)24/h4-8,13,23H,9H2,1-3H3. The molecule has 0 saturated carbocycles. The fourth-order valence-corrected chi connectivity index (χ4v) is 2.97. The summed E-state index contributed by atoms with van der Waals surface area (Å²) in [6, 6.07) is 8.96. The molecule has 2 heterocycles. The SMILES string of the molecule is CC(=O)N1N=C(c2c(O)n(C)c(=O)n(C)c2=O)CC1c1ccccc1. The number of amides is 1. The van der Waals surface area contributed by atoms with Gasteiger partial charge in [0.15, 0.2) is 0 Å². The Bertz CT molecular complexity index is 988. The number of aromatic hydroxyl groups is 1. The lowest BCUT2D eigenvalue weighted by Crippen LogP contribution is -2.39. The van der Waals surface area contributed by atoms with Crippen LogP contribution < -0.4 is 11.2 Å². The Balaban J connectivity index is 2.14. The number of hydrogen-bond acceptors (Lipinski definition) is 5. The zero-order valence-electron chi connectivity index (χ0n) is 14.1. The monoisotopic (exact) mass is 342 g/mol. The van der Waals surface area contributed by atoms with Crippen LogP contribution in [0.1, 0.15) is 30.5 Å². The molecule has 8 nitrogen and oxygen atoms in total. The van der Waals surface area contributed by atoms with Gasteiger partial charge in [-0.3, -0.25) is 18.7 Å². The van der Waals surface area contributed by atoms with Crippen LogP contribution >= 0.6 is 0 Å². The first-order chi connectivity index (χ1) is 11.8. The van der Waals surface area contributed by atoms with Crippen LogP contribution in [-0.4, -0.2) is 30.9 Å². The summed E-state index contributed by atoms with van der Waals surface area (Å²) in [6.45, 7) is 1.39. The second-order valence-corrected chi connectivity index (χ2v) is 5.95. The van der Waals surface area contributed by atoms with Gasteiger partial charge in [0.25, 0.3) is 5.56 Å². The van der Waals surface area contributed by atoms with Gasteiger partial charge in [0.2, 0.25) is 11.8 Å². The molecule has 0 spiro atoms. The summed E-state index contributed by atoms with van der Waals surface area (Å²) >= 11 is 0. The number of hydrogen-bond donors (Lipinski definition) is 1. The highest BCUT2D eigenvalue weighted by molar-refractivity contribution is 6.04. The first kappa shape index (κ1) is 16.7. The van der Waals surface area contributed by atoms with Gasteiger partial charge < -0.3 is 5.11 Å². The molecule has 0 radical (unpaired) electrons. The van der Waals surface area contributed by atoms with E-state index in [1.165, 1.54) is 26.0 Å². The molecule has 1 aliphatic rings. The van der Waals surface area contributed by atoms with Crippen molar-refractivity contribution in [2.45, 2.75) is 19.4 Å². The van der Waals surface area contributed by atoms with Gasteiger partial charge >= 0.3 is 5.69 Å². The van der Waals surface area contributed by atoms with E-state index in [4.69, 9.17) is 0 Å². The summed E-state index contributed by atoms with van der Waals surface area (Å²) in [6.07, 6.45) is 0.268. The molecule has 3 rings (SSSR count). The molecule has 0 bridgehead atoms. The average molecular weight is 342 g/mol. The van der Waals surface area contributed by atoms with Gasteiger partial charge in [0.05, 0.1) is 11.8 Å². The van der Waals surface area contributed by atoms with Gasteiger partial charge in [0.1, 0.15) is 5.56 Å². The van der Waals surface area contributed by atoms with E-state index in [-0.39, 0.29) is 29.6 Å². The maximum Gasteiger partial charge on any atom is 0.333 e. The number of aromatic nitrogens is 2. The second kappa shape index (κ2) is 6.04. The maximum atomic E-state index is 12.5. The predicted molar refractivity (Wildman–Crippen MR) is 91.4 cm³/mol. The predicted octanol–water partition coefficient (Wildman–Crippen LogP) is 0.487. The van der Waals surface area contributed by atoms with E-state index in [0.717, 1.165) is 14.7 Å². The Kier molecular flexibility index (Phi) is 4.03. The third-order valence-corrected chi connectivity index (χ3v) is 4.34. The molecule has 1 aromatic heterocycles. The topological polar surface area (TPSA) is 96.9 Å². The smallest absolute Gasteiger partial charge is 0.333 e. The van der Waals surface area contributed by atoms with Crippen LogP contribution in [0.3, 0.4) is 0 Å². The van der Waals surface area contributed by atoms with Crippen LogP contribution in [0, 0.1) is 0 Å². The third-order valence-electron chi connectivity index (χ3n) is 4.34. The Morgan fingerprint density at radius 1 is 1.16 bits per heavy atom. The van der Waals surface area contributed by atoms with Gasteiger partial charge in [-0.05, 0) is 5.56 Å². The van der Waals surface area contributed by atoms with Crippen LogP contribution in [-0.2, 0) is 18.9 Å². The van der Waals surface area contributed by atoms with E-state index < -0.39 is 17.1 Å². The Hall–Kier alpha value is -3.16. The number of rotatable bonds is 2. The summed E-state index contributed by atoms with van der Waals surface area (Å²) in [4.78, 5) is 36.4. The molecule has 25 heavy (non-hydrogen) atoms. The third kappa shape index (κ3) is 2.65. The van der Waals surface area contributed by atoms with Crippen LogP contribution in [0.25, 0.3) is 0 Å². The van der Waals surface area contributed by atoms with Gasteiger partial charge in [-0.2, -0.15) is 5.10 Å². The van der Waals surface area contributed by atoms with Crippen LogP contribution in [0.5, 0.6) is 5.88 Å². The fraction of sp³-hybridized carbons (Fsp3) is 0.294. The molecule has 1 aromatic carbocycles. The van der Waals surface area contributed by atoms with Crippen molar-refractivity contribution in [3.8, 4) is 5.88 Å².